The molecule has 1 saturated carbocycles. The van der Waals surface area contributed by atoms with Gasteiger partial charge in [-0.05, 0) is 40.5 Å². The van der Waals surface area contributed by atoms with Gasteiger partial charge in [-0.1, -0.05) is 6.42 Å². The van der Waals surface area contributed by atoms with Crippen LogP contribution < -0.4 is 5.32 Å². The summed E-state index contributed by atoms with van der Waals surface area (Å²) in [5.74, 6) is -0.650. The SMILES string of the molecule is Cc1c(CNC(=O)C2(C(=O)OC(C)(C)C)CCC2)cnn1C. The molecule has 0 aromatic carbocycles. The number of rotatable bonds is 4. The van der Waals surface area contributed by atoms with Crippen molar-refractivity contribution in [2.24, 2.45) is 12.5 Å². The van der Waals surface area contributed by atoms with E-state index < -0.39 is 17.0 Å². The molecule has 122 valence electrons. The molecule has 0 unspecified atom stereocenters. The number of carbonyl (C=O) groups is 2. The molecule has 1 N–H and O–H groups in total. The molecule has 0 bridgehead atoms. The first-order chi connectivity index (χ1) is 10.2. The molecular formula is C16H25N3O3. The smallest absolute Gasteiger partial charge is 0.322 e. The van der Waals surface area contributed by atoms with E-state index in [1.165, 1.54) is 0 Å². The van der Waals surface area contributed by atoms with Gasteiger partial charge in [-0.2, -0.15) is 5.10 Å². The molecule has 1 fully saturated rings. The fourth-order valence-electron chi connectivity index (χ4n) is 2.49. The van der Waals surface area contributed by atoms with Gasteiger partial charge in [0.2, 0.25) is 5.91 Å². The lowest BCUT2D eigenvalue weighted by molar-refractivity contribution is -0.177. The third-order valence-corrected chi connectivity index (χ3v) is 4.21. The van der Waals surface area contributed by atoms with Crippen LogP contribution in [-0.4, -0.2) is 27.3 Å². The average Bonchev–Trinajstić information content (AvgIpc) is 2.64. The minimum Gasteiger partial charge on any atom is -0.459 e. The zero-order valence-electron chi connectivity index (χ0n) is 14.0. The number of aromatic nitrogens is 2. The Kier molecular flexibility index (Phi) is 4.31. The van der Waals surface area contributed by atoms with E-state index in [9.17, 15) is 9.59 Å². The minimum absolute atomic E-state index is 0.240. The Morgan fingerprint density at radius 3 is 2.45 bits per heavy atom. The monoisotopic (exact) mass is 307 g/mol. The van der Waals surface area contributed by atoms with E-state index in [4.69, 9.17) is 4.74 Å². The fraction of sp³-hybridized carbons (Fsp3) is 0.688. The largest absolute Gasteiger partial charge is 0.459 e. The van der Waals surface area contributed by atoms with Crippen LogP contribution in [0, 0.1) is 12.3 Å². The molecule has 22 heavy (non-hydrogen) atoms. The van der Waals surface area contributed by atoms with Gasteiger partial charge in [0.05, 0.1) is 6.20 Å². The van der Waals surface area contributed by atoms with E-state index in [1.807, 2.05) is 34.7 Å². The number of esters is 1. The highest BCUT2D eigenvalue weighted by Crippen LogP contribution is 2.43. The molecule has 1 aromatic heterocycles. The summed E-state index contributed by atoms with van der Waals surface area (Å²) in [6.45, 7) is 7.76. The quantitative estimate of drug-likeness (QED) is 0.680. The fourth-order valence-corrected chi connectivity index (χ4v) is 2.49. The van der Waals surface area contributed by atoms with Gasteiger partial charge < -0.3 is 10.1 Å². The summed E-state index contributed by atoms with van der Waals surface area (Å²) < 4.78 is 7.19. The van der Waals surface area contributed by atoms with Crippen LogP contribution >= 0.6 is 0 Å². The molecule has 0 atom stereocenters. The van der Waals surface area contributed by atoms with E-state index in [0.717, 1.165) is 17.7 Å². The van der Waals surface area contributed by atoms with Crippen LogP contribution in [0.25, 0.3) is 0 Å². The van der Waals surface area contributed by atoms with Crippen LogP contribution in [0.3, 0.4) is 0 Å². The number of amides is 1. The molecule has 1 aliphatic carbocycles. The average molecular weight is 307 g/mol. The van der Waals surface area contributed by atoms with Gasteiger partial charge >= 0.3 is 5.97 Å². The van der Waals surface area contributed by atoms with E-state index in [2.05, 4.69) is 10.4 Å². The minimum atomic E-state index is -1.01. The van der Waals surface area contributed by atoms with E-state index >= 15 is 0 Å². The molecule has 0 aliphatic heterocycles. The second kappa shape index (κ2) is 5.74. The van der Waals surface area contributed by atoms with Crippen molar-refractivity contribution in [3.8, 4) is 0 Å². The Bertz CT molecular complexity index is 580. The van der Waals surface area contributed by atoms with Gasteiger partial charge in [0.15, 0.2) is 0 Å². The molecule has 6 heteroatoms. The predicted octanol–water partition coefficient (Wildman–Crippen LogP) is 1.86. The van der Waals surface area contributed by atoms with Crippen molar-refractivity contribution in [1.82, 2.24) is 15.1 Å². The number of nitrogens with zero attached hydrogens (tertiary/aromatic N) is 2. The predicted molar refractivity (Wildman–Crippen MR) is 81.9 cm³/mol. The zero-order chi connectivity index (χ0) is 16.5. The van der Waals surface area contributed by atoms with Crippen molar-refractivity contribution >= 4 is 11.9 Å². The lowest BCUT2D eigenvalue weighted by Crippen LogP contribution is -2.53. The Balaban J connectivity index is 2.03. The highest BCUT2D eigenvalue weighted by atomic mass is 16.6. The molecule has 1 aliphatic rings. The van der Waals surface area contributed by atoms with Gasteiger partial charge in [-0.15, -0.1) is 0 Å². The van der Waals surface area contributed by atoms with E-state index in [-0.39, 0.29) is 5.91 Å². The van der Waals surface area contributed by atoms with Crippen LogP contribution in [0.1, 0.15) is 51.3 Å². The van der Waals surface area contributed by atoms with E-state index in [0.29, 0.717) is 19.4 Å². The van der Waals surface area contributed by atoms with Crippen LogP contribution in [0.15, 0.2) is 6.20 Å². The lowest BCUT2D eigenvalue weighted by atomic mass is 9.68. The Labute approximate surface area is 131 Å². The number of hydrogen-bond donors (Lipinski definition) is 1. The van der Waals surface area contributed by atoms with Crippen molar-refractivity contribution < 1.29 is 14.3 Å². The molecule has 0 radical (unpaired) electrons. The lowest BCUT2D eigenvalue weighted by Gasteiger charge is -2.39. The number of ether oxygens (including phenoxy) is 1. The summed E-state index contributed by atoms with van der Waals surface area (Å²) in [6, 6.07) is 0. The molecule has 0 spiro atoms. The Hall–Kier alpha value is -1.85. The summed E-state index contributed by atoms with van der Waals surface area (Å²) in [5.41, 5.74) is 0.359. The van der Waals surface area contributed by atoms with Gasteiger partial charge in [-0.25, -0.2) is 0 Å². The van der Waals surface area contributed by atoms with E-state index in [1.54, 1.807) is 10.9 Å². The Morgan fingerprint density at radius 1 is 1.41 bits per heavy atom. The second-order valence-electron chi connectivity index (χ2n) is 7.00. The number of nitrogens with one attached hydrogen (secondary N) is 1. The maximum Gasteiger partial charge on any atom is 0.322 e. The third-order valence-electron chi connectivity index (χ3n) is 4.21. The van der Waals surface area contributed by atoms with Gasteiger partial charge in [0, 0.05) is 24.8 Å². The summed E-state index contributed by atoms with van der Waals surface area (Å²) in [7, 11) is 1.86. The number of aryl methyl sites for hydroxylation is 1. The number of hydrogen-bond acceptors (Lipinski definition) is 4. The Morgan fingerprint density at radius 2 is 2.05 bits per heavy atom. The summed E-state index contributed by atoms with van der Waals surface area (Å²) in [6.07, 6.45) is 3.72. The van der Waals surface area contributed by atoms with Crippen molar-refractivity contribution in [3.05, 3.63) is 17.5 Å². The molecule has 1 aromatic rings. The maximum absolute atomic E-state index is 12.5. The van der Waals surface area contributed by atoms with Crippen LogP contribution in [0.4, 0.5) is 0 Å². The molecule has 1 amide bonds. The van der Waals surface area contributed by atoms with Gasteiger partial charge in [0.25, 0.3) is 0 Å². The standard InChI is InChI=1S/C16H25N3O3/c1-11-12(10-18-19(11)5)9-17-13(20)16(7-6-8-16)14(21)22-15(2,3)4/h10H,6-9H2,1-5H3,(H,17,20). The first-order valence-electron chi connectivity index (χ1n) is 7.65. The molecule has 2 rings (SSSR count). The molecule has 6 nitrogen and oxygen atoms in total. The van der Waals surface area contributed by atoms with Crippen molar-refractivity contribution in [1.29, 1.82) is 0 Å². The summed E-state index contributed by atoms with van der Waals surface area (Å²) in [4.78, 5) is 24.9. The first-order valence-corrected chi connectivity index (χ1v) is 7.65. The van der Waals surface area contributed by atoms with Crippen LogP contribution in [0.2, 0.25) is 0 Å². The summed E-state index contributed by atoms with van der Waals surface area (Å²) >= 11 is 0. The summed E-state index contributed by atoms with van der Waals surface area (Å²) in [5, 5.41) is 7.02. The molecular weight excluding hydrogens is 282 g/mol. The van der Waals surface area contributed by atoms with Crippen molar-refractivity contribution in [2.75, 3.05) is 0 Å². The van der Waals surface area contributed by atoms with Crippen LogP contribution in [-0.2, 0) is 27.9 Å². The topological polar surface area (TPSA) is 73.2 Å². The van der Waals surface area contributed by atoms with Crippen LogP contribution in [0.5, 0.6) is 0 Å². The highest BCUT2D eigenvalue weighted by Gasteiger charge is 2.53. The van der Waals surface area contributed by atoms with Gasteiger partial charge in [0.1, 0.15) is 11.0 Å². The third kappa shape index (κ3) is 3.15. The second-order valence-corrected chi connectivity index (χ2v) is 7.00. The van der Waals surface area contributed by atoms with Crippen molar-refractivity contribution in [3.63, 3.8) is 0 Å². The zero-order valence-corrected chi connectivity index (χ0v) is 14.0. The highest BCUT2D eigenvalue weighted by molar-refractivity contribution is 6.03. The molecule has 0 saturated heterocycles. The van der Waals surface area contributed by atoms with Crippen molar-refractivity contribution in [2.45, 2.75) is 59.1 Å². The molecule has 1 heterocycles. The normalized spacial score (nSPS) is 16.8. The van der Waals surface area contributed by atoms with Gasteiger partial charge in [-0.3, -0.25) is 14.3 Å². The number of carbonyl (C=O) groups excluding carboxylic acids is 2. The maximum atomic E-state index is 12.5. The first kappa shape index (κ1) is 16.5.